The van der Waals surface area contributed by atoms with Crippen LogP contribution in [-0.4, -0.2) is 50.2 Å². The Morgan fingerprint density at radius 3 is 2.77 bits per heavy atom. The molecule has 1 N–H and O–H groups in total. The summed E-state index contributed by atoms with van der Waals surface area (Å²) in [6.07, 6.45) is 0. The number of aliphatic imine (C=N–C) groups is 1. The number of nitrogens with zero attached hydrogens (tertiary/aromatic N) is 2. The fourth-order valence-corrected chi connectivity index (χ4v) is 3.03. The largest absolute Gasteiger partial charge is 0.469 e. The van der Waals surface area contributed by atoms with Crippen LogP contribution in [0.3, 0.4) is 0 Å². The first-order valence-electron chi connectivity index (χ1n) is 8.60. The highest BCUT2D eigenvalue weighted by Gasteiger charge is 2.36. The zero-order chi connectivity index (χ0) is 19.1. The number of hydrogen-bond donors (Lipinski definition) is 1. The van der Waals surface area contributed by atoms with Gasteiger partial charge in [-0.2, -0.15) is 8.78 Å². The number of rotatable bonds is 6. The molecule has 6 nitrogen and oxygen atoms in total. The fraction of sp³-hybridized carbons (Fsp3) is 0.556. The van der Waals surface area contributed by atoms with E-state index in [4.69, 9.17) is 4.74 Å². The van der Waals surface area contributed by atoms with Crippen molar-refractivity contribution in [1.29, 1.82) is 0 Å². The summed E-state index contributed by atoms with van der Waals surface area (Å²) in [6.45, 7) is 3.09. The molecule has 2 atom stereocenters. The number of carbonyl (C=O) groups excluding carboxylic acids is 1. The van der Waals surface area contributed by atoms with E-state index >= 15 is 0 Å². The lowest BCUT2D eigenvalue weighted by Crippen LogP contribution is -2.40. The van der Waals surface area contributed by atoms with E-state index in [-0.39, 0.29) is 30.1 Å². The maximum atomic E-state index is 12.5. The number of esters is 1. The highest BCUT2D eigenvalue weighted by atomic mass is 19.3. The van der Waals surface area contributed by atoms with Gasteiger partial charge < -0.3 is 19.7 Å². The second-order valence-electron chi connectivity index (χ2n) is 6.17. The number of alkyl halides is 2. The molecular formula is C18H25F2N3O3. The Hall–Kier alpha value is -2.38. The van der Waals surface area contributed by atoms with Crippen molar-refractivity contribution in [3.8, 4) is 5.75 Å². The lowest BCUT2D eigenvalue weighted by molar-refractivity contribution is -0.145. The topological polar surface area (TPSA) is 63.2 Å². The van der Waals surface area contributed by atoms with Gasteiger partial charge in [0.2, 0.25) is 0 Å². The Balaban J connectivity index is 2.14. The summed E-state index contributed by atoms with van der Waals surface area (Å²) < 4.78 is 34.5. The van der Waals surface area contributed by atoms with E-state index < -0.39 is 6.61 Å². The third-order valence-electron chi connectivity index (χ3n) is 4.34. The number of likely N-dealkylation sites (tertiary alicyclic amines) is 1. The number of guanidine groups is 1. The van der Waals surface area contributed by atoms with E-state index in [1.54, 1.807) is 18.2 Å². The summed E-state index contributed by atoms with van der Waals surface area (Å²) in [5.74, 6) is 0.451. The van der Waals surface area contributed by atoms with Crippen molar-refractivity contribution in [3.63, 3.8) is 0 Å². The summed E-state index contributed by atoms with van der Waals surface area (Å²) in [7, 11) is 1.39. The SMILES string of the molecule is CCNC(=NCc1ccccc1OC(F)F)N1CC(C)C(C(=O)OC)C1. The van der Waals surface area contributed by atoms with Crippen LogP contribution in [0.25, 0.3) is 0 Å². The van der Waals surface area contributed by atoms with Crippen molar-refractivity contribution < 1.29 is 23.0 Å². The van der Waals surface area contributed by atoms with Gasteiger partial charge in [0.05, 0.1) is 19.6 Å². The summed E-state index contributed by atoms with van der Waals surface area (Å²) in [4.78, 5) is 18.4. The Labute approximate surface area is 152 Å². The number of nitrogens with one attached hydrogen (secondary N) is 1. The van der Waals surface area contributed by atoms with Crippen LogP contribution in [0, 0.1) is 11.8 Å². The highest BCUT2D eigenvalue weighted by molar-refractivity contribution is 5.82. The normalized spacial score (nSPS) is 20.4. The van der Waals surface area contributed by atoms with Crippen molar-refractivity contribution in [2.75, 3.05) is 26.7 Å². The van der Waals surface area contributed by atoms with Crippen LogP contribution in [0.4, 0.5) is 8.78 Å². The molecule has 2 unspecified atom stereocenters. The summed E-state index contributed by atoms with van der Waals surface area (Å²) in [6, 6.07) is 6.59. The third kappa shape index (κ3) is 5.06. The van der Waals surface area contributed by atoms with Crippen LogP contribution in [0.2, 0.25) is 0 Å². The third-order valence-corrected chi connectivity index (χ3v) is 4.34. The Bertz CT molecular complexity index is 640. The van der Waals surface area contributed by atoms with Crippen molar-refractivity contribution in [3.05, 3.63) is 29.8 Å². The molecule has 1 saturated heterocycles. The maximum Gasteiger partial charge on any atom is 0.387 e. The van der Waals surface area contributed by atoms with Gasteiger partial charge in [0.15, 0.2) is 5.96 Å². The molecule has 1 aliphatic rings. The molecule has 144 valence electrons. The quantitative estimate of drug-likeness (QED) is 0.474. The molecule has 0 saturated carbocycles. The molecule has 0 aromatic heterocycles. The lowest BCUT2D eigenvalue weighted by atomic mass is 9.99. The second kappa shape index (κ2) is 9.35. The standard InChI is InChI=1S/C18H25F2N3O3/c1-4-21-18(23-10-12(2)14(11-23)16(24)25-3)22-9-13-7-5-6-8-15(13)26-17(19)20/h5-8,12,14,17H,4,9-11H2,1-3H3,(H,21,22). The summed E-state index contributed by atoms with van der Waals surface area (Å²) >= 11 is 0. The van der Waals surface area contributed by atoms with Crippen molar-refractivity contribution in [2.24, 2.45) is 16.8 Å². The highest BCUT2D eigenvalue weighted by Crippen LogP contribution is 2.25. The number of ether oxygens (including phenoxy) is 2. The molecule has 8 heteroatoms. The van der Waals surface area contributed by atoms with E-state index in [2.05, 4.69) is 15.0 Å². The molecule has 0 radical (unpaired) electrons. The molecule has 0 amide bonds. The number of para-hydroxylation sites is 1. The molecule has 0 bridgehead atoms. The maximum absolute atomic E-state index is 12.5. The van der Waals surface area contributed by atoms with Gasteiger partial charge in [-0.3, -0.25) is 4.79 Å². The predicted molar refractivity (Wildman–Crippen MR) is 94.1 cm³/mol. The number of carbonyl (C=O) groups is 1. The van der Waals surface area contributed by atoms with E-state index in [1.165, 1.54) is 13.2 Å². The van der Waals surface area contributed by atoms with Gasteiger partial charge in [-0.15, -0.1) is 0 Å². The molecular weight excluding hydrogens is 344 g/mol. The van der Waals surface area contributed by atoms with E-state index in [1.807, 2.05) is 18.7 Å². The van der Waals surface area contributed by atoms with Gasteiger partial charge >= 0.3 is 12.6 Å². The van der Waals surface area contributed by atoms with Crippen LogP contribution in [0.15, 0.2) is 29.3 Å². The number of hydrogen-bond acceptors (Lipinski definition) is 4. The first-order valence-corrected chi connectivity index (χ1v) is 8.60. The van der Waals surface area contributed by atoms with Gasteiger partial charge in [0.25, 0.3) is 0 Å². The summed E-state index contributed by atoms with van der Waals surface area (Å²) in [5, 5.41) is 3.19. The van der Waals surface area contributed by atoms with Gasteiger partial charge in [-0.1, -0.05) is 25.1 Å². The average Bonchev–Trinajstić information content (AvgIpc) is 3.00. The van der Waals surface area contributed by atoms with Crippen LogP contribution in [0.1, 0.15) is 19.4 Å². The second-order valence-corrected chi connectivity index (χ2v) is 6.17. The van der Waals surface area contributed by atoms with Crippen molar-refractivity contribution in [2.45, 2.75) is 27.0 Å². The Morgan fingerprint density at radius 1 is 1.38 bits per heavy atom. The van der Waals surface area contributed by atoms with Crippen molar-refractivity contribution in [1.82, 2.24) is 10.2 Å². The van der Waals surface area contributed by atoms with Crippen LogP contribution in [0.5, 0.6) is 5.75 Å². The van der Waals surface area contributed by atoms with Gasteiger partial charge in [-0.05, 0) is 18.9 Å². The zero-order valence-corrected chi connectivity index (χ0v) is 15.2. The molecule has 1 aliphatic heterocycles. The number of benzene rings is 1. The molecule has 0 aliphatic carbocycles. The van der Waals surface area contributed by atoms with Gasteiger partial charge in [-0.25, -0.2) is 4.99 Å². The smallest absolute Gasteiger partial charge is 0.387 e. The van der Waals surface area contributed by atoms with Crippen LogP contribution >= 0.6 is 0 Å². The Morgan fingerprint density at radius 2 is 2.12 bits per heavy atom. The average molecular weight is 369 g/mol. The Kier molecular flexibility index (Phi) is 7.17. The van der Waals surface area contributed by atoms with Crippen LogP contribution < -0.4 is 10.1 Å². The van der Waals surface area contributed by atoms with Gasteiger partial charge in [0, 0.05) is 25.2 Å². The molecule has 1 aromatic rings. The molecule has 0 spiro atoms. The minimum atomic E-state index is -2.88. The molecule has 1 fully saturated rings. The monoisotopic (exact) mass is 369 g/mol. The number of halogens is 2. The lowest BCUT2D eigenvalue weighted by Gasteiger charge is -2.21. The molecule has 1 aromatic carbocycles. The summed E-state index contributed by atoms with van der Waals surface area (Å²) in [5.41, 5.74) is 0.569. The molecule has 1 heterocycles. The molecule has 26 heavy (non-hydrogen) atoms. The van der Waals surface area contributed by atoms with E-state index in [9.17, 15) is 13.6 Å². The van der Waals surface area contributed by atoms with E-state index in [0.29, 0.717) is 31.2 Å². The molecule has 2 rings (SSSR count). The van der Waals surface area contributed by atoms with E-state index in [0.717, 1.165) is 0 Å². The zero-order valence-electron chi connectivity index (χ0n) is 15.2. The first kappa shape index (κ1) is 19.9. The van der Waals surface area contributed by atoms with Crippen LogP contribution in [-0.2, 0) is 16.1 Å². The van der Waals surface area contributed by atoms with Gasteiger partial charge in [0.1, 0.15) is 5.75 Å². The minimum absolute atomic E-state index is 0.115. The predicted octanol–water partition coefficient (Wildman–Crippen LogP) is 2.49. The minimum Gasteiger partial charge on any atom is -0.469 e. The first-order chi connectivity index (χ1) is 12.5. The fourth-order valence-electron chi connectivity index (χ4n) is 3.03. The van der Waals surface area contributed by atoms with Crippen molar-refractivity contribution >= 4 is 11.9 Å². The number of methoxy groups -OCH3 is 1.